The van der Waals surface area contributed by atoms with Crippen LogP contribution in [0.1, 0.15) is 5.69 Å². The first-order valence-electron chi connectivity index (χ1n) is 5.93. The van der Waals surface area contributed by atoms with Gasteiger partial charge >= 0.3 is 6.61 Å². The van der Waals surface area contributed by atoms with E-state index in [1.54, 1.807) is 23.0 Å². The van der Waals surface area contributed by atoms with Gasteiger partial charge in [-0.1, -0.05) is 0 Å². The molecule has 0 atom stereocenters. The molecule has 0 saturated heterocycles. The van der Waals surface area contributed by atoms with Crippen molar-refractivity contribution in [2.45, 2.75) is 13.2 Å². The van der Waals surface area contributed by atoms with E-state index in [0.29, 0.717) is 12.2 Å². The zero-order valence-electron chi connectivity index (χ0n) is 11.1. The summed E-state index contributed by atoms with van der Waals surface area (Å²) in [6, 6.07) is 6.64. The second-order valence-corrected chi connectivity index (χ2v) is 4.04. The molecule has 7 heteroatoms. The molecule has 0 amide bonds. The van der Waals surface area contributed by atoms with Gasteiger partial charge in [0.25, 0.3) is 0 Å². The number of nitrogens with zero attached hydrogens (tertiary/aromatic N) is 2. The Balaban J connectivity index is 2.10. The van der Waals surface area contributed by atoms with Gasteiger partial charge < -0.3 is 14.8 Å². The summed E-state index contributed by atoms with van der Waals surface area (Å²) in [7, 11) is 3.23. The van der Waals surface area contributed by atoms with Crippen LogP contribution >= 0.6 is 0 Å². The number of aryl methyl sites for hydroxylation is 1. The molecule has 0 fully saturated rings. The quantitative estimate of drug-likeness (QED) is 0.885. The van der Waals surface area contributed by atoms with Gasteiger partial charge in [0.1, 0.15) is 0 Å². The van der Waals surface area contributed by atoms with Gasteiger partial charge in [-0.15, -0.1) is 0 Å². The summed E-state index contributed by atoms with van der Waals surface area (Å²) in [5.74, 6) is 0.258. The van der Waals surface area contributed by atoms with E-state index < -0.39 is 6.61 Å². The fraction of sp³-hybridized carbons (Fsp3) is 0.308. The van der Waals surface area contributed by atoms with E-state index in [-0.39, 0.29) is 11.5 Å². The van der Waals surface area contributed by atoms with Crippen LogP contribution in [-0.4, -0.2) is 23.5 Å². The third kappa shape index (κ3) is 3.37. The Morgan fingerprint density at radius 3 is 2.70 bits per heavy atom. The molecule has 1 aromatic carbocycles. The highest BCUT2D eigenvalue weighted by molar-refractivity contribution is 5.54. The van der Waals surface area contributed by atoms with Gasteiger partial charge in [0.05, 0.1) is 19.3 Å². The van der Waals surface area contributed by atoms with E-state index in [9.17, 15) is 8.78 Å². The number of ether oxygens (including phenoxy) is 2. The zero-order chi connectivity index (χ0) is 14.5. The molecule has 0 saturated carbocycles. The van der Waals surface area contributed by atoms with Crippen LogP contribution in [0.5, 0.6) is 11.5 Å². The third-order valence-electron chi connectivity index (χ3n) is 2.78. The van der Waals surface area contributed by atoms with Crippen molar-refractivity contribution in [3.63, 3.8) is 0 Å². The maximum absolute atomic E-state index is 12.3. The molecule has 2 rings (SSSR count). The van der Waals surface area contributed by atoms with Crippen LogP contribution in [0.15, 0.2) is 30.5 Å². The van der Waals surface area contributed by atoms with Crippen LogP contribution in [0.4, 0.5) is 14.5 Å². The van der Waals surface area contributed by atoms with E-state index in [4.69, 9.17) is 4.74 Å². The molecular weight excluding hydrogens is 268 g/mol. The number of methoxy groups -OCH3 is 1. The van der Waals surface area contributed by atoms with Gasteiger partial charge in [0, 0.05) is 25.0 Å². The summed E-state index contributed by atoms with van der Waals surface area (Å²) in [4.78, 5) is 0. The van der Waals surface area contributed by atoms with Crippen molar-refractivity contribution >= 4 is 5.69 Å². The van der Waals surface area contributed by atoms with E-state index in [2.05, 4.69) is 15.2 Å². The van der Waals surface area contributed by atoms with Crippen LogP contribution in [0.3, 0.4) is 0 Å². The topological polar surface area (TPSA) is 48.3 Å². The molecule has 0 bridgehead atoms. The standard InChI is InChI=1S/C13H15F2N3O2/c1-18-10(5-6-17-18)8-16-9-3-4-11(19-2)12(7-9)20-13(14)15/h3-7,13,16H,8H2,1-2H3. The van der Waals surface area contributed by atoms with Gasteiger partial charge in [0.2, 0.25) is 0 Å². The fourth-order valence-electron chi connectivity index (χ4n) is 1.74. The number of benzene rings is 1. The number of halogens is 2. The molecule has 20 heavy (non-hydrogen) atoms. The molecule has 0 unspecified atom stereocenters. The van der Waals surface area contributed by atoms with Crippen molar-refractivity contribution in [3.8, 4) is 11.5 Å². The first-order chi connectivity index (χ1) is 9.60. The van der Waals surface area contributed by atoms with E-state index in [1.807, 2.05) is 13.1 Å². The Morgan fingerprint density at radius 1 is 1.30 bits per heavy atom. The zero-order valence-corrected chi connectivity index (χ0v) is 11.1. The van der Waals surface area contributed by atoms with Gasteiger partial charge in [-0.3, -0.25) is 4.68 Å². The van der Waals surface area contributed by atoms with Crippen molar-refractivity contribution in [1.29, 1.82) is 0 Å². The minimum atomic E-state index is -2.89. The lowest BCUT2D eigenvalue weighted by Gasteiger charge is -2.12. The predicted molar refractivity (Wildman–Crippen MR) is 70.2 cm³/mol. The molecule has 1 aromatic heterocycles. The molecule has 0 spiro atoms. The van der Waals surface area contributed by atoms with E-state index in [0.717, 1.165) is 5.69 Å². The minimum Gasteiger partial charge on any atom is -0.493 e. The highest BCUT2D eigenvalue weighted by Gasteiger charge is 2.11. The largest absolute Gasteiger partial charge is 0.493 e. The summed E-state index contributed by atoms with van der Waals surface area (Å²) >= 11 is 0. The van der Waals surface area contributed by atoms with Gasteiger partial charge in [-0.25, -0.2) is 0 Å². The Hall–Kier alpha value is -2.31. The number of alkyl halides is 2. The smallest absolute Gasteiger partial charge is 0.387 e. The average molecular weight is 283 g/mol. The third-order valence-corrected chi connectivity index (χ3v) is 2.78. The molecule has 5 nitrogen and oxygen atoms in total. The van der Waals surface area contributed by atoms with Crippen LogP contribution in [-0.2, 0) is 13.6 Å². The Labute approximate surface area is 115 Å². The molecule has 0 aliphatic heterocycles. The lowest BCUT2D eigenvalue weighted by molar-refractivity contribution is -0.0511. The maximum Gasteiger partial charge on any atom is 0.387 e. The molecule has 108 valence electrons. The Bertz CT molecular complexity index is 572. The second-order valence-electron chi connectivity index (χ2n) is 4.04. The van der Waals surface area contributed by atoms with Crippen molar-refractivity contribution < 1.29 is 18.3 Å². The number of rotatable bonds is 6. The average Bonchev–Trinajstić information content (AvgIpc) is 2.81. The van der Waals surface area contributed by atoms with E-state index in [1.165, 1.54) is 13.2 Å². The normalized spacial score (nSPS) is 10.7. The lowest BCUT2D eigenvalue weighted by atomic mass is 10.2. The Kier molecular flexibility index (Phi) is 4.39. The molecule has 1 N–H and O–H groups in total. The van der Waals surface area contributed by atoms with Crippen molar-refractivity contribution in [2.75, 3.05) is 12.4 Å². The molecule has 1 heterocycles. The Morgan fingerprint density at radius 2 is 2.10 bits per heavy atom. The van der Waals surface area contributed by atoms with Gasteiger partial charge in [0.15, 0.2) is 11.5 Å². The molecule has 2 aromatic rings. The van der Waals surface area contributed by atoms with E-state index >= 15 is 0 Å². The van der Waals surface area contributed by atoms with Crippen LogP contribution in [0, 0.1) is 0 Å². The van der Waals surface area contributed by atoms with Crippen LogP contribution < -0.4 is 14.8 Å². The summed E-state index contributed by atoms with van der Waals surface area (Å²) < 4.78 is 35.8. The highest BCUT2D eigenvalue weighted by Crippen LogP contribution is 2.31. The highest BCUT2D eigenvalue weighted by atomic mass is 19.3. The molecular formula is C13H15F2N3O2. The van der Waals surface area contributed by atoms with Crippen molar-refractivity contribution in [1.82, 2.24) is 9.78 Å². The summed E-state index contributed by atoms with van der Waals surface area (Å²) in [5.41, 5.74) is 1.62. The van der Waals surface area contributed by atoms with Crippen LogP contribution in [0.2, 0.25) is 0 Å². The van der Waals surface area contributed by atoms with Gasteiger partial charge in [-0.2, -0.15) is 13.9 Å². The number of hydrogen-bond donors (Lipinski definition) is 1. The summed E-state index contributed by atoms with van der Waals surface area (Å²) in [5, 5.41) is 7.16. The number of nitrogens with one attached hydrogen (secondary N) is 1. The van der Waals surface area contributed by atoms with Gasteiger partial charge in [-0.05, 0) is 18.2 Å². The fourth-order valence-corrected chi connectivity index (χ4v) is 1.74. The monoisotopic (exact) mass is 283 g/mol. The number of hydrogen-bond acceptors (Lipinski definition) is 4. The summed E-state index contributed by atoms with van der Waals surface area (Å²) in [6.45, 7) is -2.37. The number of aromatic nitrogens is 2. The predicted octanol–water partition coefficient (Wildman–Crippen LogP) is 2.64. The van der Waals surface area contributed by atoms with Crippen LogP contribution in [0.25, 0.3) is 0 Å². The molecule has 0 aliphatic rings. The first kappa shape index (κ1) is 14.1. The second kappa shape index (κ2) is 6.23. The number of anilines is 1. The lowest BCUT2D eigenvalue weighted by Crippen LogP contribution is -2.07. The first-order valence-corrected chi connectivity index (χ1v) is 5.93. The summed E-state index contributed by atoms with van der Waals surface area (Å²) in [6.07, 6.45) is 1.69. The van der Waals surface area contributed by atoms with Crippen molar-refractivity contribution in [3.05, 3.63) is 36.2 Å². The maximum atomic E-state index is 12.3. The minimum absolute atomic E-state index is 0.00231. The molecule has 0 radical (unpaired) electrons. The van der Waals surface area contributed by atoms with Crippen molar-refractivity contribution in [2.24, 2.45) is 7.05 Å². The molecule has 0 aliphatic carbocycles. The SMILES string of the molecule is COc1ccc(NCc2ccnn2C)cc1OC(F)F.